The smallest absolute Gasteiger partial charge is 0.126 e. The first-order valence-electron chi connectivity index (χ1n) is 6.25. The fraction of sp³-hybridized carbons (Fsp3) is 0.615. The molecule has 0 amide bonds. The summed E-state index contributed by atoms with van der Waals surface area (Å²) in [4.78, 5) is 4.68. The van der Waals surface area contributed by atoms with Crippen LogP contribution >= 0.6 is 0 Å². The van der Waals surface area contributed by atoms with Gasteiger partial charge in [0.2, 0.25) is 0 Å². The third-order valence-corrected chi connectivity index (χ3v) is 3.44. The van der Waals surface area contributed by atoms with Gasteiger partial charge in [0.1, 0.15) is 5.82 Å². The molecule has 0 saturated carbocycles. The van der Waals surface area contributed by atoms with Crippen molar-refractivity contribution in [1.29, 1.82) is 0 Å². The Balaban J connectivity index is 1.69. The van der Waals surface area contributed by atoms with E-state index in [1.807, 2.05) is 0 Å². The number of hydrogen-bond donors (Lipinski definition) is 1. The van der Waals surface area contributed by atoms with Crippen molar-refractivity contribution in [2.75, 3.05) is 18.5 Å². The summed E-state index contributed by atoms with van der Waals surface area (Å²) in [5.41, 5.74) is 2.73. The molecule has 1 atom stereocenters. The molecule has 1 aliphatic heterocycles. The second-order valence-electron chi connectivity index (χ2n) is 4.71. The molecule has 3 heteroatoms. The van der Waals surface area contributed by atoms with Crippen LogP contribution in [-0.2, 0) is 17.6 Å². The highest BCUT2D eigenvalue weighted by molar-refractivity contribution is 5.41. The van der Waals surface area contributed by atoms with Crippen molar-refractivity contribution < 1.29 is 4.74 Å². The molecule has 2 aliphatic rings. The summed E-state index contributed by atoms with van der Waals surface area (Å²) in [6, 6.07) is 4.78. The van der Waals surface area contributed by atoms with E-state index >= 15 is 0 Å². The van der Waals surface area contributed by atoms with Crippen LogP contribution in [0.2, 0.25) is 0 Å². The second-order valence-corrected chi connectivity index (χ2v) is 4.71. The van der Waals surface area contributed by atoms with E-state index in [0.29, 0.717) is 6.04 Å². The molecule has 2 heterocycles. The molecule has 0 radical (unpaired) electrons. The Kier molecular flexibility index (Phi) is 2.79. The van der Waals surface area contributed by atoms with E-state index in [2.05, 4.69) is 22.4 Å². The summed E-state index contributed by atoms with van der Waals surface area (Å²) in [5, 5.41) is 3.47. The molecule has 1 N–H and O–H groups in total. The third-order valence-electron chi connectivity index (χ3n) is 3.44. The highest BCUT2D eigenvalue weighted by atomic mass is 16.5. The molecule has 0 aromatic carbocycles. The molecule has 1 saturated heterocycles. The van der Waals surface area contributed by atoms with Crippen LogP contribution < -0.4 is 5.32 Å². The van der Waals surface area contributed by atoms with Crippen LogP contribution in [0.5, 0.6) is 0 Å². The first-order valence-corrected chi connectivity index (χ1v) is 6.25. The number of hydrogen-bond acceptors (Lipinski definition) is 3. The van der Waals surface area contributed by atoms with Crippen LogP contribution in [0.3, 0.4) is 0 Å². The van der Waals surface area contributed by atoms with E-state index < -0.39 is 0 Å². The summed E-state index contributed by atoms with van der Waals surface area (Å²) in [5.74, 6) is 1.02. The second kappa shape index (κ2) is 4.42. The van der Waals surface area contributed by atoms with Gasteiger partial charge in [0.05, 0.1) is 12.6 Å². The van der Waals surface area contributed by atoms with Gasteiger partial charge in [-0.15, -0.1) is 0 Å². The van der Waals surface area contributed by atoms with Gasteiger partial charge >= 0.3 is 0 Å². The van der Waals surface area contributed by atoms with E-state index in [-0.39, 0.29) is 0 Å². The molecule has 0 spiro atoms. The van der Waals surface area contributed by atoms with Gasteiger partial charge in [-0.1, -0.05) is 6.07 Å². The molecule has 0 bridgehead atoms. The molecule has 3 nitrogen and oxygen atoms in total. The Bertz CT molecular complexity index is 372. The summed E-state index contributed by atoms with van der Waals surface area (Å²) >= 11 is 0. The van der Waals surface area contributed by atoms with E-state index in [9.17, 15) is 0 Å². The Labute approximate surface area is 96.2 Å². The zero-order valence-electron chi connectivity index (χ0n) is 9.54. The van der Waals surface area contributed by atoms with Crippen molar-refractivity contribution >= 4 is 5.82 Å². The van der Waals surface area contributed by atoms with Gasteiger partial charge < -0.3 is 10.1 Å². The van der Waals surface area contributed by atoms with Crippen molar-refractivity contribution in [2.24, 2.45) is 0 Å². The van der Waals surface area contributed by atoms with Gasteiger partial charge in [-0.2, -0.15) is 0 Å². The average molecular weight is 218 g/mol. The molecule has 1 aromatic heterocycles. The molecule has 1 unspecified atom stereocenters. The molecule has 16 heavy (non-hydrogen) atoms. The minimum absolute atomic E-state index is 0.445. The van der Waals surface area contributed by atoms with Crippen LogP contribution in [0.4, 0.5) is 5.82 Å². The minimum atomic E-state index is 0.445. The predicted molar refractivity (Wildman–Crippen MR) is 63.7 cm³/mol. The normalized spacial score (nSPS) is 24.1. The van der Waals surface area contributed by atoms with E-state index in [1.165, 1.54) is 30.5 Å². The largest absolute Gasteiger partial charge is 0.379 e. The van der Waals surface area contributed by atoms with Gasteiger partial charge in [0.25, 0.3) is 0 Å². The number of anilines is 1. The monoisotopic (exact) mass is 218 g/mol. The van der Waals surface area contributed by atoms with E-state index in [0.717, 1.165) is 31.9 Å². The lowest BCUT2D eigenvalue weighted by Gasteiger charge is -2.23. The standard InChI is InChI=1S/C13H18N2O/c1-3-10-6-7-13(15-12(10)5-1)14-11-4-2-8-16-9-11/h6-7,11H,1-5,8-9H2,(H,14,15). The summed E-state index contributed by atoms with van der Waals surface area (Å²) in [6.07, 6.45) is 5.96. The summed E-state index contributed by atoms with van der Waals surface area (Å²) in [7, 11) is 0. The predicted octanol–water partition coefficient (Wildman–Crippen LogP) is 2.16. The minimum Gasteiger partial charge on any atom is -0.379 e. The Morgan fingerprint density at radius 2 is 2.25 bits per heavy atom. The first-order chi connectivity index (χ1) is 7.92. The van der Waals surface area contributed by atoms with Gasteiger partial charge in [0, 0.05) is 12.3 Å². The van der Waals surface area contributed by atoms with Gasteiger partial charge in [-0.3, -0.25) is 0 Å². The third kappa shape index (κ3) is 2.05. The topological polar surface area (TPSA) is 34.2 Å². The highest BCUT2D eigenvalue weighted by Crippen LogP contribution is 2.22. The number of aromatic nitrogens is 1. The number of fused-ring (bicyclic) bond motifs is 1. The molecular weight excluding hydrogens is 200 g/mol. The number of nitrogens with one attached hydrogen (secondary N) is 1. The van der Waals surface area contributed by atoms with Crippen LogP contribution in [0.1, 0.15) is 30.5 Å². The molecule has 1 aliphatic carbocycles. The molecule has 3 rings (SSSR count). The number of aryl methyl sites for hydroxylation is 2. The highest BCUT2D eigenvalue weighted by Gasteiger charge is 2.16. The Hall–Kier alpha value is -1.09. The maximum absolute atomic E-state index is 5.46. The molecule has 1 fully saturated rings. The number of rotatable bonds is 2. The lowest BCUT2D eigenvalue weighted by molar-refractivity contribution is 0.0875. The Morgan fingerprint density at radius 3 is 3.12 bits per heavy atom. The summed E-state index contributed by atoms with van der Waals surface area (Å²) < 4.78 is 5.46. The number of pyridine rings is 1. The van der Waals surface area contributed by atoms with E-state index in [1.54, 1.807) is 0 Å². The van der Waals surface area contributed by atoms with Crippen molar-refractivity contribution in [3.8, 4) is 0 Å². The SMILES string of the molecule is c1cc2c(nc1NC1CCCOC1)CCC2. The van der Waals surface area contributed by atoms with E-state index in [4.69, 9.17) is 4.74 Å². The van der Waals surface area contributed by atoms with Crippen molar-refractivity contribution in [2.45, 2.75) is 38.1 Å². The zero-order valence-corrected chi connectivity index (χ0v) is 9.54. The van der Waals surface area contributed by atoms with Gasteiger partial charge in [-0.05, 0) is 43.7 Å². The van der Waals surface area contributed by atoms with Crippen LogP contribution in [-0.4, -0.2) is 24.2 Å². The van der Waals surface area contributed by atoms with Gasteiger partial charge in [0.15, 0.2) is 0 Å². The molecule has 86 valence electrons. The lowest BCUT2D eigenvalue weighted by atomic mass is 10.1. The maximum atomic E-state index is 5.46. The zero-order chi connectivity index (χ0) is 10.8. The van der Waals surface area contributed by atoms with Crippen LogP contribution in [0.25, 0.3) is 0 Å². The average Bonchev–Trinajstić information content (AvgIpc) is 2.77. The van der Waals surface area contributed by atoms with Gasteiger partial charge in [-0.25, -0.2) is 4.98 Å². The first kappa shape index (κ1) is 10.1. The van der Waals surface area contributed by atoms with Crippen molar-refractivity contribution in [3.63, 3.8) is 0 Å². The Morgan fingerprint density at radius 1 is 1.25 bits per heavy atom. The van der Waals surface area contributed by atoms with Crippen molar-refractivity contribution in [1.82, 2.24) is 4.98 Å². The number of nitrogens with zero attached hydrogens (tertiary/aromatic N) is 1. The quantitative estimate of drug-likeness (QED) is 0.826. The lowest BCUT2D eigenvalue weighted by Crippen LogP contribution is -2.30. The molecule has 1 aromatic rings. The maximum Gasteiger partial charge on any atom is 0.126 e. The fourth-order valence-corrected chi connectivity index (χ4v) is 2.56. The van der Waals surface area contributed by atoms with Crippen LogP contribution in [0, 0.1) is 0 Å². The fourth-order valence-electron chi connectivity index (χ4n) is 2.56. The number of ether oxygens (including phenoxy) is 1. The van der Waals surface area contributed by atoms with Crippen LogP contribution in [0.15, 0.2) is 12.1 Å². The summed E-state index contributed by atoms with van der Waals surface area (Å²) in [6.45, 7) is 1.73. The molecular formula is C13H18N2O. The van der Waals surface area contributed by atoms with Crippen molar-refractivity contribution in [3.05, 3.63) is 23.4 Å².